The number of hydrogen-bond acceptors (Lipinski definition) is 6. The Kier molecular flexibility index (Phi) is 7.90. The van der Waals surface area contributed by atoms with E-state index >= 15 is 0 Å². The maximum absolute atomic E-state index is 12.4. The van der Waals surface area contributed by atoms with Gasteiger partial charge in [-0.25, -0.2) is 18.2 Å². The normalized spacial score (nSPS) is 11.4. The number of sulfone groups is 1. The summed E-state index contributed by atoms with van der Waals surface area (Å²) < 4.78 is 30.2. The Labute approximate surface area is 137 Å². The van der Waals surface area contributed by atoms with Gasteiger partial charge >= 0.3 is 6.03 Å². The second kappa shape index (κ2) is 9.41. The highest BCUT2D eigenvalue weighted by atomic mass is 32.2. The SMILES string of the molecule is C=CCN(CCOCC)C(=O)n1cnc(S(=O)(=O)CCCC)n1. The van der Waals surface area contributed by atoms with Gasteiger partial charge in [0.15, 0.2) is 0 Å². The van der Waals surface area contributed by atoms with E-state index in [-0.39, 0.29) is 10.9 Å². The van der Waals surface area contributed by atoms with E-state index in [0.717, 1.165) is 17.4 Å². The number of amides is 1. The third-order valence-corrected chi connectivity index (χ3v) is 4.61. The number of hydrogen-bond donors (Lipinski definition) is 0. The highest BCUT2D eigenvalue weighted by Gasteiger charge is 2.22. The zero-order valence-electron chi connectivity index (χ0n) is 13.6. The first-order chi connectivity index (χ1) is 11.0. The number of aromatic nitrogens is 3. The van der Waals surface area contributed by atoms with Crippen LogP contribution in [0.4, 0.5) is 4.79 Å². The predicted molar refractivity (Wildman–Crippen MR) is 86.0 cm³/mol. The fourth-order valence-corrected chi connectivity index (χ4v) is 3.06. The molecule has 1 rings (SSSR count). The third-order valence-electron chi connectivity index (χ3n) is 3.04. The Balaban J connectivity index is 2.84. The van der Waals surface area contributed by atoms with Gasteiger partial charge in [-0.3, -0.25) is 0 Å². The molecule has 0 N–H and O–H groups in total. The maximum Gasteiger partial charge on any atom is 0.346 e. The summed E-state index contributed by atoms with van der Waals surface area (Å²) in [7, 11) is -3.55. The van der Waals surface area contributed by atoms with Crippen molar-refractivity contribution in [1.82, 2.24) is 19.7 Å². The summed E-state index contributed by atoms with van der Waals surface area (Å²) in [5.41, 5.74) is 0. The fraction of sp³-hybridized carbons (Fsp3) is 0.643. The van der Waals surface area contributed by atoms with Crippen LogP contribution in [-0.2, 0) is 14.6 Å². The Morgan fingerprint density at radius 1 is 1.48 bits per heavy atom. The smallest absolute Gasteiger partial charge is 0.346 e. The maximum atomic E-state index is 12.4. The molecular weight excluding hydrogens is 320 g/mol. The van der Waals surface area contributed by atoms with Crippen molar-refractivity contribution >= 4 is 15.9 Å². The third kappa shape index (κ3) is 5.76. The van der Waals surface area contributed by atoms with Crippen molar-refractivity contribution < 1.29 is 17.9 Å². The lowest BCUT2D eigenvalue weighted by Crippen LogP contribution is -2.37. The van der Waals surface area contributed by atoms with Gasteiger partial charge < -0.3 is 9.64 Å². The number of carbonyl (C=O) groups excluding carboxylic acids is 1. The lowest BCUT2D eigenvalue weighted by atomic mass is 10.4. The molecule has 8 nitrogen and oxygen atoms in total. The number of carbonyl (C=O) groups is 1. The molecule has 1 aromatic heterocycles. The summed E-state index contributed by atoms with van der Waals surface area (Å²) in [6.45, 7) is 8.98. The van der Waals surface area contributed by atoms with E-state index in [4.69, 9.17) is 4.74 Å². The van der Waals surface area contributed by atoms with Gasteiger partial charge in [0.1, 0.15) is 6.33 Å². The van der Waals surface area contributed by atoms with Crippen molar-refractivity contribution in [1.29, 1.82) is 0 Å². The molecular formula is C14H24N4O4S. The van der Waals surface area contributed by atoms with Crippen molar-refractivity contribution in [2.24, 2.45) is 0 Å². The Hall–Kier alpha value is -1.74. The van der Waals surface area contributed by atoms with E-state index in [0.29, 0.717) is 32.7 Å². The first-order valence-electron chi connectivity index (χ1n) is 7.58. The number of rotatable bonds is 10. The lowest BCUT2D eigenvalue weighted by molar-refractivity contribution is 0.122. The predicted octanol–water partition coefficient (Wildman–Crippen LogP) is 1.34. The van der Waals surface area contributed by atoms with Crippen LogP contribution in [0.1, 0.15) is 26.7 Å². The van der Waals surface area contributed by atoms with Gasteiger partial charge in [-0.1, -0.05) is 19.4 Å². The monoisotopic (exact) mass is 344 g/mol. The van der Waals surface area contributed by atoms with Crippen LogP contribution in [0.5, 0.6) is 0 Å². The molecule has 0 radical (unpaired) electrons. The van der Waals surface area contributed by atoms with E-state index in [9.17, 15) is 13.2 Å². The van der Waals surface area contributed by atoms with Gasteiger partial charge in [0.05, 0.1) is 12.4 Å². The van der Waals surface area contributed by atoms with E-state index in [1.807, 2.05) is 13.8 Å². The quantitative estimate of drug-likeness (QED) is 0.470. The molecule has 0 aliphatic heterocycles. The van der Waals surface area contributed by atoms with Gasteiger partial charge in [0.2, 0.25) is 9.84 Å². The number of unbranched alkanes of at least 4 members (excludes halogenated alkanes) is 1. The Morgan fingerprint density at radius 3 is 2.83 bits per heavy atom. The first kappa shape index (κ1) is 19.3. The molecule has 0 unspecified atom stereocenters. The average Bonchev–Trinajstić information content (AvgIpc) is 3.02. The molecule has 0 aromatic carbocycles. The largest absolute Gasteiger partial charge is 0.380 e. The standard InChI is InChI=1S/C14H24N4O4S/c1-4-7-11-23(20,21)13-15-12-18(16-13)14(19)17(8-5-2)9-10-22-6-3/h5,12H,2,4,6-11H2,1,3H3. The molecule has 1 aromatic rings. The van der Waals surface area contributed by atoms with Gasteiger partial charge in [0, 0.05) is 19.7 Å². The molecule has 23 heavy (non-hydrogen) atoms. The molecule has 0 bridgehead atoms. The molecule has 0 saturated heterocycles. The minimum absolute atomic E-state index is 0.0254. The van der Waals surface area contributed by atoms with Crippen LogP contribution < -0.4 is 0 Å². The van der Waals surface area contributed by atoms with Crippen LogP contribution in [0.2, 0.25) is 0 Å². The van der Waals surface area contributed by atoms with E-state index in [1.54, 1.807) is 6.08 Å². The number of ether oxygens (including phenoxy) is 1. The zero-order valence-corrected chi connectivity index (χ0v) is 14.5. The molecule has 0 saturated carbocycles. The number of nitrogens with zero attached hydrogens (tertiary/aromatic N) is 4. The fourth-order valence-electron chi connectivity index (χ4n) is 1.79. The summed E-state index contributed by atoms with van der Waals surface area (Å²) in [6.07, 6.45) is 3.99. The Bertz CT molecular complexity index is 612. The molecule has 0 spiro atoms. The highest BCUT2D eigenvalue weighted by Crippen LogP contribution is 2.07. The van der Waals surface area contributed by atoms with Gasteiger partial charge in [-0.2, -0.15) is 4.68 Å². The zero-order chi connectivity index (χ0) is 17.3. The summed E-state index contributed by atoms with van der Waals surface area (Å²) in [5.74, 6) is -0.0254. The van der Waals surface area contributed by atoms with E-state index in [1.165, 1.54) is 4.90 Å². The van der Waals surface area contributed by atoms with E-state index in [2.05, 4.69) is 16.7 Å². The van der Waals surface area contributed by atoms with Crippen LogP contribution in [0.3, 0.4) is 0 Å². The van der Waals surface area contributed by atoms with Gasteiger partial charge in [-0.15, -0.1) is 11.7 Å². The summed E-state index contributed by atoms with van der Waals surface area (Å²) in [6, 6.07) is -0.464. The van der Waals surface area contributed by atoms with Crippen LogP contribution in [0, 0.1) is 0 Å². The minimum Gasteiger partial charge on any atom is -0.380 e. The summed E-state index contributed by atoms with van der Waals surface area (Å²) >= 11 is 0. The van der Waals surface area contributed by atoms with E-state index < -0.39 is 15.9 Å². The van der Waals surface area contributed by atoms with Crippen molar-refractivity contribution in [3.63, 3.8) is 0 Å². The second-order valence-electron chi connectivity index (χ2n) is 4.86. The summed E-state index contributed by atoms with van der Waals surface area (Å²) in [4.78, 5) is 17.6. The molecule has 9 heteroatoms. The molecule has 0 atom stereocenters. The van der Waals surface area contributed by atoms with Crippen LogP contribution in [-0.4, -0.2) is 66.2 Å². The Morgan fingerprint density at radius 2 is 2.22 bits per heavy atom. The van der Waals surface area contributed by atoms with Crippen LogP contribution >= 0.6 is 0 Å². The molecule has 0 fully saturated rings. The summed E-state index contributed by atoms with van der Waals surface area (Å²) in [5, 5.41) is 3.50. The van der Waals surface area contributed by atoms with Gasteiger partial charge in [0.25, 0.3) is 5.16 Å². The first-order valence-corrected chi connectivity index (χ1v) is 9.23. The molecule has 1 amide bonds. The second-order valence-corrected chi connectivity index (χ2v) is 6.86. The molecule has 0 aliphatic rings. The van der Waals surface area contributed by atoms with Gasteiger partial charge in [-0.05, 0) is 13.3 Å². The molecule has 0 aliphatic carbocycles. The van der Waals surface area contributed by atoms with Crippen molar-refractivity contribution in [3.8, 4) is 0 Å². The topological polar surface area (TPSA) is 94.4 Å². The van der Waals surface area contributed by atoms with Crippen molar-refractivity contribution in [3.05, 3.63) is 19.0 Å². The molecule has 130 valence electrons. The van der Waals surface area contributed by atoms with Crippen LogP contribution in [0.25, 0.3) is 0 Å². The average molecular weight is 344 g/mol. The highest BCUT2D eigenvalue weighted by molar-refractivity contribution is 7.91. The lowest BCUT2D eigenvalue weighted by Gasteiger charge is -2.19. The van der Waals surface area contributed by atoms with Crippen LogP contribution in [0.15, 0.2) is 24.1 Å². The molecule has 1 heterocycles. The minimum atomic E-state index is -3.55. The van der Waals surface area contributed by atoms with Crippen molar-refractivity contribution in [2.75, 3.05) is 32.1 Å². The van der Waals surface area contributed by atoms with Crippen molar-refractivity contribution in [2.45, 2.75) is 31.8 Å².